The Morgan fingerprint density at radius 2 is 2.05 bits per heavy atom. The monoisotopic (exact) mass is 309 g/mol. The van der Waals surface area contributed by atoms with Gasteiger partial charge in [-0.25, -0.2) is 23.5 Å². The molecule has 0 radical (unpaired) electrons. The van der Waals surface area contributed by atoms with Crippen LogP contribution in [0.5, 0.6) is 0 Å². The zero-order valence-electron chi connectivity index (χ0n) is 12.1. The molecule has 0 bridgehead atoms. The molecule has 0 aliphatic heterocycles. The van der Waals surface area contributed by atoms with Crippen molar-refractivity contribution in [3.8, 4) is 0 Å². The number of hydrogen-bond donors (Lipinski definition) is 2. The minimum absolute atomic E-state index is 0.129. The molecule has 7 heteroatoms. The second-order valence-electron chi connectivity index (χ2n) is 4.93. The van der Waals surface area contributed by atoms with Crippen molar-refractivity contribution in [2.24, 2.45) is 0 Å². The number of hydrogen-bond acceptors (Lipinski definition) is 4. The fourth-order valence-corrected chi connectivity index (χ4v) is 2.13. The van der Waals surface area contributed by atoms with Gasteiger partial charge in [0.05, 0.1) is 5.52 Å². The summed E-state index contributed by atoms with van der Waals surface area (Å²) >= 11 is 0. The molecular weight excluding hydrogens is 292 g/mol. The zero-order valence-corrected chi connectivity index (χ0v) is 12.1. The number of para-hydroxylation sites is 1. The van der Waals surface area contributed by atoms with E-state index in [9.17, 15) is 18.7 Å². The van der Waals surface area contributed by atoms with Crippen LogP contribution in [0.3, 0.4) is 0 Å². The fraction of sp³-hybridized carbons (Fsp3) is 0.400. The summed E-state index contributed by atoms with van der Waals surface area (Å²) in [7, 11) is 0. The molecule has 0 aliphatic carbocycles. The number of benzene rings is 1. The van der Waals surface area contributed by atoms with E-state index in [2.05, 4.69) is 15.3 Å². The molecule has 1 aromatic carbocycles. The van der Waals surface area contributed by atoms with Gasteiger partial charge in [-0.2, -0.15) is 0 Å². The lowest BCUT2D eigenvalue weighted by Crippen LogP contribution is -2.29. The average Bonchev–Trinajstić information content (AvgIpc) is 2.50. The lowest BCUT2D eigenvalue weighted by Gasteiger charge is -2.16. The Labute approximate surface area is 126 Å². The molecule has 2 N–H and O–H groups in total. The molecule has 0 amide bonds. The molecule has 0 aliphatic rings. The van der Waals surface area contributed by atoms with Gasteiger partial charge in [0.2, 0.25) is 0 Å². The van der Waals surface area contributed by atoms with E-state index in [0.717, 1.165) is 6.42 Å². The molecular formula is C15H17F2N3O2. The number of fused-ring (bicyclic) bond motifs is 1. The van der Waals surface area contributed by atoms with Gasteiger partial charge < -0.3 is 10.4 Å². The van der Waals surface area contributed by atoms with E-state index in [0.29, 0.717) is 23.7 Å². The maximum absolute atomic E-state index is 12.9. The summed E-state index contributed by atoms with van der Waals surface area (Å²) in [5.74, 6) is -1.51. The van der Waals surface area contributed by atoms with E-state index < -0.39 is 24.3 Å². The number of carboxylic acids is 1. The molecule has 1 aromatic heterocycles. The maximum atomic E-state index is 12.9. The van der Waals surface area contributed by atoms with Crippen LogP contribution >= 0.6 is 0 Å². The summed E-state index contributed by atoms with van der Waals surface area (Å²) in [6.07, 6.45) is -0.856. The maximum Gasteiger partial charge on any atom is 0.326 e. The predicted octanol–water partition coefficient (Wildman–Crippen LogP) is 3.62. The topological polar surface area (TPSA) is 75.1 Å². The van der Waals surface area contributed by atoms with E-state index in [1.54, 1.807) is 24.3 Å². The van der Waals surface area contributed by atoms with Crippen LogP contribution < -0.4 is 5.32 Å². The lowest BCUT2D eigenvalue weighted by molar-refractivity contribution is -0.138. The highest BCUT2D eigenvalue weighted by Gasteiger charge is 2.20. The minimum atomic E-state index is -2.82. The number of carboxylic acid groups (broad SMARTS) is 1. The predicted molar refractivity (Wildman–Crippen MR) is 79.1 cm³/mol. The first-order chi connectivity index (χ1) is 10.5. The summed E-state index contributed by atoms with van der Waals surface area (Å²) in [4.78, 5) is 18.9. The van der Waals surface area contributed by atoms with Gasteiger partial charge in [0.25, 0.3) is 6.43 Å². The highest BCUT2D eigenvalue weighted by Crippen LogP contribution is 2.25. The molecule has 1 heterocycles. The summed E-state index contributed by atoms with van der Waals surface area (Å²) in [6, 6.07) is 5.80. The van der Waals surface area contributed by atoms with Gasteiger partial charge in [0.15, 0.2) is 5.82 Å². The van der Waals surface area contributed by atoms with Crippen LogP contribution in [0.25, 0.3) is 10.9 Å². The van der Waals surface area contributed by atoms with Crippen molar-refractivity contribution in [2.75, 3.05) is 5.32 Å². The van der Waals surface area contributed by atoms with Crippen LogP contribution in [0.2, 0.25) is 0 Å². The van der Waals surface area contributed by atoms with Crippen LogP contribution in [-0.2, 0) is 4.79 Å². The molecule has 2 rings (SSSR count). The summed E-state index contributed by atoms with van der Waals surface area (Å²) < 4.78 is 25.8. The molecule has 0 saturated heterocycles. The Bertz CT molecular complexity index is 664. The van der Waals surface area contributed by atoms with E-state index in [-0.39, 0.29) is 5.82 Å². The number of nitrogens with one attached hydrogen (secondary N) is 1. The smallest absolute Gasteiger partial charge is 0.326 e. The summed E-state index contributed by atoms with van der Waals surface area (Å²) in [5, 5.41) is 12.5. The Hall–Kier alpha value is -2.31. The SMILES string of the molecule is CCCC[C@H](Nc1nc(C(F)F)nc2ccccc12)C(=O)O. The van der Waals surface area contributed by atoms with E-state index in [4.69, 9.17) is 0 Å². The number of rotatable bonds is 7. The molecule has 0 saturated carbocycles. The van der Waals surface area contributed by atoms with E-state index >= 15 is 0 Å². The third kappa shape index (κ3) is 3.66. The van der Waals surface area contributed by atoms with Crippen molar-refractivity contribution in [1.82, 2.24) is 9.97 Å². The molecule has 118 valence electrons. The first-order valence-electron chi connectivity index (χ1n) is 7.07. The molecule has 1 atom stereocenters. The quantitative estimate of drug-likeness (QED) is 0.817. The van der Waals surface area contributed by atoms with E-state index in [1.165, 1.54) is 0 Å². The van der Waals surface area contributed by atoms with Crippen molar-refractivity contribution >= 4 is 22.7 Å². The van der Waals surface area contributed by atoms with Gasteiger partial charge in [-0.05, 0) is 18.6 Å². The molecule has 0 unspecified atom stereocenters. The lowest BCUT2D eigenvalue weighted by atomic mass is 10.1. The van der Waals surface area contributed by atoms with Gasteiger partial charge in [0.1, 0.15) is 11.9 Å². The minimum Gasteiger partial charge on any atom is -0.480 e. The molecule has 2 aromatic rings. The number of aromatic nitrogens is 2. The second-order valence-corrected chi connectivity index (χ2v) is 4.93. The first-order valence-corrected chi connectivity index (χ1v) is 7.07. The number of carbonyl (C=O) groups is 1. The molecule has 0 fully saturated rings. The van der Waals surface area contributed by atoms with Gasteiger partial charge in [-0.3, -0.25) is 0 Å². The Balaban J connectivity index is 2.41. The number of alkyl halides is 2. The van der Waals surface area contributed by atoms with Crippen molar-refractivity contribution < 1.29 is 18.7 Å². The Morgan fingerprint density at radius 1 is 1.32 bits per heavy atom. The van der Waals surface area contributed by atoms with Crippen molar-refractivity contribution in [3.63, 3.8) is 0 Å². The number of nitrogens with zero attached hydrogens (tertiary/aromatic N) is 2. The molecule has 0 spiro atoms. The second kappa shape index (κ2) is 7.11. The summed E-state index contributed by atoms with van der Waals surface area (Å²) in [5.41, 5.74) is 0.356. The van der Waals surface area contributed by atoms with Crippen LogP contribution in [0.1, 0.15) is 38.4 Å². The number of halogens is 2. The Kier molecular flexibility index (Phi) is 5.19. The number of anilines is 1. The highest BCUT2D eigenvalue weighted by molar-refractivity contribution is 5.90. The summed E-state index contributed by atoms with van der Waals surface area (Å²) in [6.45, 7) is 1.95. The highest BCUT2D eigenvalue weighted by atomic mass is 19.3. The van der Waals surface area contributed by atoms with Crippen LogP contribution in [-0.4, -0.2) is 27.1 Å². The largest absolute Gasteiger partial charge is 0.480 e. The van der Waals surface area contributed by atoms with E-state index in [1.807, 2.05) is 6.92 Å². The van der Waals surface area contributed by atoms with Crippen LogP contribution in [0.4, 0.5) is 14.6 Å². The third-order valence-corrected chi connectivity index (χ3v) is 3.27. The third-order valence-electron chi connectivity index (χ3n) is 3.27. The fourth-order valence-electron chi connectivity index (χ4n) is 2.13. The number of aliphatic carboxylic acids is 1. The van der Waals surface area contributed by atoms with Crippen molar-refractivity contribution in [1.29, 1.82) is 0 Å². The Morgan fingerprint density at radius 3 is 2.68 bits per heavy atom. The number of unbranched alkanes of at least 4 members (excludes halogenated alkanes) is 1. The molecule has 5 nitrogen and oxygen atoms in total. The van der Waals surface area contributed by atoms with Crippen LogP contribution in [0.15, 0.2) is 24.3 Å². The van der Waals surface area contributed by atoms with Gasteiger partial charge >= 0.3 is 5.97 Å². The van der Waals surface area contributed by atoms with Gasteiger partial charge in [0, 0.05) is 5.39 Å². The van der Waals surface area contributed by atoms with Crippen molar-refractivity contribution in [3.05, 3.63) is 30.1 Å². The average molecular weight is 309 g/mol. The van der Waals surface area contributed by atoms with Crippen molar-refractivity contribution in [2.45, 2.75) is 38.7 Å². The van der Waals surface area contributed by atoms with Crippen LogP contribution in [0, 0.1) is 0 Å². The molecule has 22 heavy (non-hydrogen) atoms. The zero-order chi connectivity index (χ0) is 16.1. The van der Waals surface area contributed by atoms with Gasteiger partial charge in [-0.15, -0.1) is 0 Å². The normalized spacial score (nSPS) is 12.5. The van der Waals surface area contributed by atoms with Gasteiger partial charge in [-0.1, -0.05) is 31.9 Å². The standard InChI is InChI=1S/C15H17F2N3O2/c1-2-3-7-11(15(21)22)19-13-9-6-4-5-8-10(9)18-14(20-13)12(16)17/h4-6,8,11-12H,2-3,7H2,1H3,(H,21,22)(H,18,19,20)/t11-/m0/s1. The first kappa shape index (κ1) is 16.1.